The minimum absolute atomic E-state index is 0.117. The Kier molecular flexibility index (Phi) is 4.88. The van der Waals surface area contributed by atoms with E-state index in [9.17, 15) is 9.18 Å². The Morgan fingerprint density at radius 1 is 1.62 bits per heavy atom. The lowest BCUT2D eigenvalue weighted by molar-refractivity contribution is -0.129. The van der Waals surface area contributed by atoms with Gasteiger partial charge in [0.05, 0.1) is 6.10 Å². The Morgan fingerprint density at radius 2 is 2.38 bits per heavy atom. The molecular weight excluding hydrogens is 213 g/mol. The molecule has 0 fully saturated rings. The minimum atomic E-state index is -0.488. The Labute approximate surface area is 93.0 Å². The zero-order valence-corrected chi connectivity index (χ0v) is 8.94. The van der Waals surface area contributed by atoms with Crippen LogP contribution in [0.15, 0.2) is 24.3 Å². The van der Waals surface area contributed by atoms with Gasteiger partial charge in [-0.25, -0.2) is 9.87 Å². The van der Waals surface area contributed by atoms with Gasteiger partial charge in [-0.15, -0.1) is 0 Å². The van der Waals surface area contributed by atoms with E-state index in [1.165, 1.54) is 24.7 Å². The zero-order chi connectivity index (χ0) is 12.0. The third-order valence-electron chi connectivity index (χ3n) is 2.26. The van der Waals surface area contributed by atoms with Gasteiger partial charge in [0.1, 0.15) is 5.82 Å². The van der Waals surface area contributed by atoms with Crippen molar-refractivity contribution in [2.75, 3.05) is 7.11 Å². The number of benzene rings is 1. The fourth-order valence-corrected chi connectivity index (χ4v) is 1.45. The molecule has 1 rings (SSSR count). The maximum absolute atomic E-state index is 13.0. The van der Waals surface area contributed by atoms with Crippen LogP contribution in [0.1, 0.15) is 24.5 Å². The first-order valence-electron chi connectivity index (χ1n) is 4.88. The van der Waals surface area contributed by atoms with Crippen LogP contribution in [-0.2, 0) is 9.53 Å². The van der Waals surface area contributed by atoms with Crippen LogP contribution in [0, 0.1) is 5.82 Å². The summed E-state index contributed by atoms with van der Waals surface area (Å²) < 4.78 is 18.1. The SMILES string of the molecule is COC(CCC(=O)NO)c1cccc(F)c1. The van der Waals surface area contributed by atoms with Crippen molar-refractivity contribution < 1.29 is 19.1 Å². The third kappa shape index (κ3) is 3.60. The number of carbonyl (C=O) groups excluding carboxylic acids is 1. The molecule has 4 nitrogen and oxygen atoms in total. The predicted octanol–water partition coefficient (Wildman–Crippen LogP) is 1.80. The van der Waals surface area contributed by atoms with Crippen LogP contribution >= 0.6 is 0 Å². The van der Waals surface area contributed by atoms with Crippen molar-refractivity contribution in [2.45, 2.75) is 18.9 Å². The Morgan fingerprint density at radius 3 is 2.94 bits per heavy atom. The molecule has 1 aromatic carbocycles. The van der Waals surface area contributed by atoms with Crippen molar-refractivity contribution in [3.63, 3.8) is 0 Å². The lowest BCUT2D eigenvalue weighted by atomic mass is 10.0. The first kappa shape index (κ1) is 12.6. The third-order valence-corrected chi connectivity index (χ3v) is 2.26. The second-order valence-corrected chi connectivity index (χ2v) is 3.35. The summed E-state index contributed by atoms with van der Waals surface area (Å²) in [5, 5.41) is 8.33. The van der Waals surface area contributed by atoms with E-state index >= 15 is 0 Å². The minimum Gasteiger partial charge on any atom is -0.377 e. The van der Waals surface area contributed by atoms with E-state index in [1.807, 2.05) is 0 Å². The molecule has 0 saturated carbocycles. The van der Waals surface area contributed by atoms with Crippen LogP contribution in [0.3, 0.4) is 0 Å². The smallest absolute Gasteiger partial charge is 0.243 e. The zero-order valence-electron chi connectivity index (χ0n) is 8.94. The normalized spacial score (nSPS) is 12.2. The number of halogens is 1. The molecule has 0 aromatic heterocycles. The molecule has 1 atom stereocenters. The lowest BCUT2D eigenvalue weighted by Crippen LogP contribution is -2.19. The number of amides is 1. The van der Waals surface area contributed by atoms with Crippen molar-refractivity contribution in [1.82, 2.24) is 5.48 Å². The van der Waals surface area contributed by atoms with Crippen molar-refractivity contribution in [2.24, 2.45) is 0 Å². The summed E-state index contributed by atoms with van der Waals surface area (Å²) in [4.78, 5) is 10.8. The molecule has 0 bridgehead atoms. The van der Waals surface area contributed by atoms with Gasteiger partial charge < -0.3 is 4.74 Å². The number of carbonyl (C=O) groups is 1. The first-order valence-corrected chi connectivity index (χ1v) is 4.88. The van der Waals surface area contributed by atoms with Gasteiger partial charge >= 0.3 is 0 Å². The molecule has 0 aliphatic heterocycles. The van der Waals surface area contributed by atoms with Gasteiger partial charge in [0.15, 0.2) is 0 Å². The summed E-state index contributed by atoms with van der Waals surface area (Å²) in [6.07, 6.45) is 0.144. The highest BCUT2D eigenvalue weighted by atomic mass is 19.1. The molecule has 0 aliphatic carbocycles. The Hall–Kier alpha value is -1.46. The van der Waals surface area contributed by atoms with Gasteiger partial charge in [0, 0.05) is 13.5 Å². The van der Waals surface area contributed by atoms with Crippen LogP contribution in [0.5, 0.6) is 0 Å². The molecule has 1 amide bonds. The molecule has 0 saturated heterocycles. The van der Waals surface area contributed by atoms with E-state index in [0.717, 1.165) is 0 Å². The van der Waals surface area contributed by atoms with Gasteiger partial charge in [-0.1, -0.05) is 12.1 Å². The number of rotatable bonds is 5. The Balaban J connectivity index is 2.64. The molecule has 16 heavy (non-hydrogen) atoms. The van der Waals surface area contributed by atoms with Crippen molar-refractivity contribution >= 4 is 5.91 Å². The number of ether oxygens (including phenoxy) is 1. The number of methoxy groups -OCH3 is 1. The lowest BCUT2D eigenvalue weighted by Gasteiger charge is -2.15. The molecule has 88 valence electrons. The van der Waals surface area contributed by atoms with E-state index in [4.69, 9.17) is 9.94 Å². The highest BCUT2D eigenvalue weighted by molar-refractivity contribution is 5.74. The Bertz CT molecular complexity index is 357. The average molecular weight is 227 g/mol. The van der Waals surface area contributed by atoms with Crippen molar-refractivity contribution in [3.8, 4) is 0 Å². The highest BCUT2D eigenvalue weighted by Gasteiger charge is 2.13. The molecule has 2 N–H and O–H groups in total. The van der Waals surface area contributed by atoms with Gasteiger partial charge in [-0.3, -0.25) is 10.0 Å². The second-order valence-electron chi connectivity index (χ2n) is 3.35. The summed E-state index contributed by atoms with van der Waals surface area (Å²) in [5.74, 6) is -0.829. The van der Waals surface area contributed by atoms with Crippen LogP contribution in [0.4, 0.5) is 4.39 Å². The van der Waals surface area contributed by atoms with Gasteiger partial charge in [0.25, 0.3) is 0 Å². The first-order chi connectivity index (χ1) is 7.67. The molecule has 5 heteroatoms. The van der Waals surface area contributed by atoms with E-state index in [1.54, 1.807) is 12.1 Å². The molecule has 0 spiro atoms. The summed E-state index contributed by atoms with van der Waals surface area (Å²) in [5.41, 5.74) is 2.21. The van der Waals surface area contributed by atoms with Crippen LogP contribution in [0.2, 0.25) is 0 Å². The number of hydroxylamine groups is 1. The quantitative estimate of drug-likeness (QED) is 0.595. The molecule has 0 heterocycles. The van der Waals surface area contributed by atoms with Gasteiger partial charge in [-0.2, -0.15) is 0 Å². The predicted molar refractivity (Wildman–Crippen MR) is 55.3 cm³/mol. The summed E-state index contributed by atoms with van der Waals surface area (Å²) >= 11 is 0. The topological polar surface area (TPSA) is 58.6 Å². The number of nitrogens with one attached hydrogen (secondary N) is 1. The fraction of sp³-hybridized carbons (Fsp3) is 0.364. The van der Waals surface area contributed by atoms with E-state index < -0.39 is 5.91 Å². The number of hydrogen-bond acceptors (Lipinski definition) is 3. The molecule has 1 aromatic rings. The molecular formula is C11H14FNO3. The van der Waals surface area contributed by atoms with Gasteiger partial charge in [0.2, 0.25) is 5.91 Å². The second kappa shape index (κ2) is 6.19. The van der Waals surface area contributed by atoms with Crippen LogP contribution in [0.25, 0.3) is 0 Å². The van der Waals surface area contributed by atoms with E-state index in [-0.39, 0.29) is 18.3 Å². The maximum atomic E-state index is 13.0. The van der Waals surface area contributed by atoms with Crippen LogP contribution in [-0.4, -0.2) is 18.2 Å². The van der Waals surface area contributed by atoms with Crippen molar-refractivity contribution in [3.05, 3.63) is 35.6 Å². The average Bonchev–Trinajstić information content (AvgIpc) is 2.29. The van der Waals surface area contributed by atoms with E-state index in [0.29, 0.717) is 12.0 Å². The monoisotopic (exact) mass is 227 g/mol. The fourth-order valence-electron chi connectivity index (χ4n) is 1.45. The standard InChI is InChI=1S/C11H14FNO3/c1-16-10(5-6-11(14)13-15)8-3-2-4-9(12)7-8/h2-4,7,10,15H,5-6H2,1H3,(H,13,14). The van der Waals surface area contributed by atoms with Gasteiger partial charge in [-0.05, 0) is 24.1 Å². The summed E-state index contributed by atoms with van der Waals surface area (Å²) in [6.45, 7) is 0. The molecule has 0 radical (unpaired) electrons. The summed E-state index contributed by atoms with van der Waals surface area (Å²) in [7, 11) is 1.49. The molecule has 1 unspecified atom stereocenters. The van der Waals surface area contributed by atoms with Crippen molar-refractivity contribution in [1.29, 1.82) is 0 Å². The highest BCUT2D eigenvalue weighted by Crippen LogP contribution is 2.22. The largest absolute Gasteiger partial charge is 0.377 e. The maximum Gasteiger partial charge on any atom is 0.243 e. The van der Waals surface area contributed by atoms with Crippen LogP contribution < -0.4 is 5.48 Å². The van der Waals surface area contributed by atoms with E-state index in [2.05, 4.69) is 0 Å². The molecule has 0 aliphatic rings. The summed E-state index contributed by atoms with van der Waals surface area (Å²) in [6, 6.07) is 6.03. The number of hydrogen-bond donors (Lipinski definition) is 2.